The first kappa shape index (κ1) is 9.33. The molecule has 0 N–H and O–H groups in total. The summed E-state index contributed by atoms with van der Waals surface area (Å²) in [5.74, 6) is -0.430. The van der Waals surface area contributed by atoms with Gasteiger partial charge >= 0.3 is 5.97 Å². The van der Waals surface area contributed by atoms with E-state index >= 15 is 0 Å². The van der Waals surface area contributed by atoms with Crippen molar-refractivity contribution < 1.29 is 18.3 Å². The predicted octanol–water partition coefficient (Wildman–Crippen LogP) is 1.59. The first-order chi connectivity index (χ1) is 4.66. The molecule has 0 aromatic rings. The van der Waals surface area contributed by atoms with E-state index in [0.29, 0.717) is 0 Å². The van der Waals surface area contributed by atoms with Crippen molar-refractivity contribution >= 4 is 5.97 Å². The van der Waals surface area contributed by atoms with Crippen molar-refractivity contribution in [2.45, 2.75) is 25.7 Å². The highest BCUT2D eigenvalue weighted by Gasteiger charge is 2.04. The molecule has 0 aromatic heterocycles. The minimum Gasteiger partial charge on any atom is -0.469 e. The summed E-state index contributed by atoms with van der Waals surface area (Å²) >= 11 is 0. The molecule has 10 heavy (non-hydrogen) atoms. The topological polar surface area (TPSA) is 26.3 Å². The highest BCUT2D eigenvalue weighted by molar-refractivity contribution is 5.68. The molecule has 0 spiro atoms. The molecular formula is C6H10F2O2. The molecule has 0 aliphatic rings. The standard InChI is InChI=1S/C6H10F2O2/c1-10-6(9)4-2-3-5(7)8/h5H,2-4H2,1H3. The Hall–Kier alpha value is -0.670. The summed E-state index contributed by atoms with van der Waals surface area (Å²) in [5.41, 5.74) is 0. The van der Waals surface area contributed by atoms with Crippen LogP contribution in [-0.4, -0.2) is 19.5 Å². The maximum atomic E-state index is 11.4. The second kappa shape index (κ2) is 5.14. The third kappa shape index (κ3) is 5.47. The summed E-state index contributed by atoms with van der Waals surface area (Å²) in [6, 6.07) is 0. The van der Waals surface area contributed by atoms with Gasteiger partial charge in [0.05, 0.1) is 7.11 Å². The zero-order valence-electron chi connectivity index (χ0n) is 5.77. The van der Waals surface area contributed by atoms with Gasteiger partial charge in [0.1, 0.15) is 0 Å². The summed E-state index contributed by atoms with van der Waals surface area (Å²) in [6.45, 7) is 0. The Kier molecular flexibility index (Phi) is 4.80. The number of methoxy groups -OCH3 is 1. The van der Waals surface area contributed by atoms with Gasteiger partial charge in [-0.1, -0.05) is 0 Å². The summed E-state index contributed by atoms with van der Waals surface area (Å²) in [7, 11) is 1.24. The Bertz CT molecular complexity index is 104. The Balaban J connectivity index is 3.12. The molecule has 60 valence electrons. The normalized spacial score (nSPS) is 10.0. The van der Waals surface area contributed by atoms with Crippen LogP contribution < -0.4 is 0 Å². The van der Waals surface area contributed by atoms with Crippen molar-refractivity contribution in [2.75, 3.05) is 7.11 Å². The number of carbonyl (C=O) groups excluding carboxylic acids is 1. The van der Waals surface area contributed by atoms with Gasteiger partial charge in [0.2, 0.25) is 6.43 Å². The van der Waals surface area contributed by atoms with Crippen LogP contribution in [0.15, 0.2) is 0 Å². The SMILES string of the molecule is COC(=O)CCCC(F)F. The molecular weight excluding hydrogens is 142 g/mol. The van der Waals surface area contributed by atoms with Gasteiger partial charge in [-0.15, -0.1) is 0 Å². The van der Waals surface area contributed by atoms with Gasteiger partial charge in [0.15, 0.2) is 0 Å². The fraction of sp³-hybridized carbons (Fsp3) is 0.833. The molecule has 0 radical (unpaired) electrons. The molecule has 2 nitrogen and oxygen atoms in total. The fourth-order valence-corrected chi connectivity index (χ4v) is 0.503. The van der Waals surface area contributed by atoms with Crippen molar-refractivity contribution in [1.82, 2.24) is 0 Å². The molecule has 4 heteroatoms. The molecule has 0 atom stereocenters. The predicted molar refractivity (Wildman–Crippen MR) is 31.9 cm³/mol. The largest absolute Gasteiger partial charge is 0.469 e. The first-order valence-electron chi connectivity index (χ1n) is 3.01. The number of halogens is 2. The molecule has 0 heterocycles. The van der Waals surface area contributed by atoms with Crippen LogP contribution in [0, 0.1) is 0 Å². The van der Waals surface area contributed by atoms with Crippen LogP contribution in [0.5, 0.6) is 0 Å². The summed E-state index contributed by atoms with van der Waals surface area (Å²) in [6.07, 6.45) is -2.26. The molecule has 0 aliphatic carbocycles. The van der Waals surface area contributed by atoms with Gasteiger partial charge in [-0.2, -0.15) is 0 Å². The number of hydrogen-bond acceptors (Lipinski definition) is 2. The molecule has 0 amide bonds. The third-order valence-electron chi connectivity index (χ3n) is 1.03. The Labute approximate surface area is 58.2 Å². The van der Waals surface area contributed by atoms with Crippen molar-refractivity contribution in [3.8, 4) is 0 Å². The van der Waals surface area contributed by atoms with E-state index in [4.69, 9.17) is 0 Å². The number of alkyl halides is 2. The summed E-state index contributed by atoms with van der Waals surface area (Å²) < 4.78 is 27.1. The molecule has 0 saturated carbocycles. The lowest BCUT2D eigenvalue weighted by atomic mass is 10.2. The molecule has 0 fully saturated rings. The second-order valence-electron chi connectivity index (χ2n) is 1.86. The highest BCUT2D eigenvalue weighted by atomic mass is 19.3. The molecule has 0 bridgehead atoms. The maximum absolute atomic E-state index is 11.4. The van der Waals surface area contributed by atoms with Crippen molar-refractivity contribution in [3.63, 3.8) is 0 Å². The quantitative estimate of drug-likeness (QED) is 0.572. The van der Waals surface area contributed by atoms with E-state index in [1.807, 2.05) is 0 Å². The van der Waals surface area contributed by atoms with Crippen LogP contribution in [0.1, 0.15) is 19.3 Å². The van der Waals surface area contributed by atoms with E-state index in [1.165, 1.54) is 7.11 Å². The number of esters is 1. The smallest absolute Gasteiger partial charge is 0.305 e. The van der Waals surface area contributed by atoms with E-state index < -0.39 is 12.4 Å². The first-order valence-corrected chi connectivity index (χ1v) is 3.01. The van der Waals surface area contributed by atoms with Crippen LogP contribution in [0.25, 0.3) is 0 Å². The van der Waals surface area contributed by atoms with Gasteiger partial charge < -0.3 is 4.74 Å². The zero-order valence-corrected chi connectivity index (χ0v) is 5.77. The zero-order chi connectivity index (χ0) is 7.98. The van der Waals surface area contributed by atoms with Gasteiger partial charge in [0, 0.05) is 12.8 Å². The van der Waals surface area contributed by atoms with E-state index in [9.17, 15) is 13.6 Å². The van der Waals surface area contributed by atoms with E-state index in [-0.39, 0.29) is 19.3 Å². The van der Waals surface area contributed by atoms with Gasteiger partial charge in [-0.25, -0.2) is 8.78 Å². The molecule has 0 saturated heterocycles. The molecule has 0 rings (SSSR count). The minimum atomic E-state index is -2.32. The lowest BCUT2D eigenvalue weighted by molar-refractivity contribution is -0.140. The molecule has 0 unspecified atom stereocenters. The highest BCUT2D eigenvalue weighted by Crippen LogP contribution is 2.05. The lowest BCUT2D eigenvalue weighted by Crippen LogP contribution is -2.01. The monoisotopic (exact) mass is 152 g/mol. The van der Waals surface area contributed by atoms with Crippen molar-refractivity contribution in [1.29, 1.82) is 0 Å². The lowest BCUT2D eigenvalue weighted by Gasteiger charge is -1.97. The fourth-order valence-electron chi connectivity index (χ4n) is 0.503. The van der Waals surface area contributed by atoms with Gasteiger partial charge in [0.25, 0.3) is 0 Å². The van der Waals surface area contributed by atoms with Crippen LogP contribution in [0.4, 0.5) is 8.78 Å². The van der Waals surface area contributed by atoms with Crippen LogP contribution >= 0.6 is 0 Å². The van der Waals surface area contributed by atoms with Gasteiger partial charge in [-0.05, 0) is 6.42 Å². The van der Waals surface area contributed by atoms with Crippen LogP contribution in [-0.2, 0) is 9.53 Å². The van der Waals surface area contributed by atoms with E-state index in [1.54, 1.807) is 0 Å². The van der Waals surface area contributed by atoms with E-state index in [0.717, 1.165) is 0 Å². The van der Waals surface area contributed by atoms with Crippen LogP contribution in [0.2, 0.25) is 0 Å². The number of rotatable bonds is 4. The average Bonchev–Trinajstić information content (AvgIpc) is 1.87. The third-order valence-corrected chi connectivity index (χ3v) is 1.03. The average molecular weight is 152 g/mol. The van der Waals surface area contributed by atoms with Crippen molar-refractivity contribution in [3.05, 3.63) is 0 Å². The van der Waals surface area contributed by atoms with E-state index in [2.05, 4.69) is 4.74 Å². The second-order valence-corrected chi connectivity index (χ2v) is 1.86. The summed E-state index contributed by atoms with van der Waals surface area (Å²) in [5, 5.41) is 0. The minimum absolute atomic E-state index is 0.0842. The molecule has 0 aliphatic heterocycles. The van der Waals surface area contributed by atoms with Crippen LogP contribution in [0.3, 0.4) is 0 Å². The Morgan fingerprint density at radius 2 is 2.20 bits per heavy atom. The Morgan fingerprint density at radius 1 is 1.60 bits per heavy atom. The van der Waals surface area contributed by atoms with Gasteiger partial charge in [-0.3, -0.25) is 4.79 Å². The molecule has 0 aromatic carbocycles. The number of carbonyl (C=O) groups is 1. The maximum Gasteiger partial charge on any atom is 0.305 e. The van der Waals surface area contributed by atoms with Crippen molar-refractivity contribution in [2.24, 2.45) is 0 Å². The number of ether oxygens (including phenoxy) is 1. The Morgan fingerprint density at radius 3 is 2.60 bits per heavy atom. The number of hydrogen-bond donors (Lipinski definition) is 0. The summed E-state index contributed by atoms with van der Waals surface area (Å²) in [4.78, 5) is 10.3.